The average Bonchev–Trinajstić information content (AvgIpc) is 2.44. The van der Waals surface area contributed by atoms with E-state index in [0.717, 1.165) is 26.7 Å². The van der Waals surface area contributed by atoms with Gasteiger partial charge in [-0.3, -0.25) is 0 Å². The fourth-order valence-electron chi connectivity index (χ4n) is 2.82. The highest BCUT2D eigenvalue weighted by Gasteiger charge is 2.19. The van der Waals surface area contributed by atoms with Gasteiger partial charge in [-0.25, -0.2) is 4.79 Å². The molecule has 0 aromatic heterocycles. The van der Waals surface area contributed by atoms with Gasteiger partial charge in [-0.2, -0.15) is 0 Å². The second kappa shape index (κ2) is 5.64. The van der Waals surface area contributed by atoms with Crippen LogP contribution in [0.15, 0.2) is 22.7 Å². The van der Waals surface area contributed by atoms with E-state index in [-0.39, 0.29) is 0 Å². The lowest BCUT2D eigenvalue weighted by Crippen LogP contribution is -2.04. The lowest BCUT2D eigenvalue weighted by Gasteiger charge is -2.20. The highest BCUT2D eigenvalue weighted by molar-refractivity contribution is 9.10. The SMILES string of the molecule is Cc1c(C)c(C)c(-c2ccc(Br)cc2C(=O)O)c(C)c1C. The maximum Gasteiger partial charge on any atom is 0.336 e. The minimum absolute atomic E-state index is 0.332. The molecule has 2 rings (SSSR count). The standard InChI is InChI=1S/C18H19BrO2/c1-9-10(2)12(4)17(13(5)11(9)3)15-7-6-14(19)8-16(15)18(20)21/h6-8H,1-5H3,(H,20,21). The molecule has 2 nitrogen and oxygen atoms in total. The smallest absolute Gasteiger partial charge is 0.336 e. The Morgan fingerprint density at radius 3 is 1.86 bits per heavy atom. The maximum atomic E-state index is 11.6. The topological polar surface area (TPSA) is 37.3 Å². The molecule has 110 valence electrons. The number of hydrogen-bond acceptors (Lipinski definition) is 1. The molecule has 0 aliphatic carbocycles. The first-order chi connectivity index (χ1) is 9.75. The third-order valence-electron chi connectivity index (χ3n) is 4.48. The van der Waals surface area contributed by atoms with Crippen molar-refractivity contribution in [1.82, 2.24) is 0 Å². The van der Waals surface area contributed by atoms with Gasteiger partial charge in [-0.1, -0.05) is 22.0 Å². The highest BCUT2D eigenvalue weighted by Crippen LogP contribution is 2.36. The van der Waals surface area contributed by atoms with Gasteiger partial charge in [0.05, 0.1) is 5.56 Å². The van der Waals surface area contributed by atoms with E-state index in [2.05, 4.69) is 50.5 Å². The molecule has 0 bridgehead atoms. The quantitative estimate of drug-likeness (QED) is 0.794. The Morgan fingerprint density at radius 2 is 1.38 bits per heavy atom. The fourth-order valence-corrected chi connectivity index (χ4v) is 3.18. The largest absolute Gasteiger partial charge is 0.478 e. The maximum absolute atomic E-state index is 11.6. The molecule has 0 aliphatic rings. The van der Waals surface area contributed by atoms with Crippen LogP contribution in [-0.4, -0.2) is 11.1 Å². The summed E-state index contributed by atoms with van der Waals surface area (Å²) in [5.41, 5.74) is 8.20. The van der Waals surface area contributed by atoms with Crippen LogP contribution in [0.2, 0.25) is 0 Å². The van der Waals surface area contributed by atoms with Crippen molar-refractivity contribution in [3.63, 3.8) is 0 Å². The van der Waals surface area contributed by atoms with Crippen molar-refractivity contribution in [2.24, 2.45) is 0 Å². The number of carboxylic acids is 1. The second-order valence-corrected chi connectivity index (χ2v) is 6.41. The lowest BCUT2D eigenvalue weighted by atomic mass is 9.85. The Morgan fingerprint density at radius 1 is 0.905 bits per heavy atom. The number of halogens is 1. The van der Waals surface area contributed by atoms with Crippen LogP contribution < -0.4 is 0 Å². The first-order valence-electron chi connectivity index (χ1n) is 6.85. The Bertz CT molecular complexity index is 716. The molecule has 0 saturated carbocycles. The van der Waals surface area contributed by atoms with Gasteiger partial charge >= 0.3 is 5.97 Å². The summed E-state index contributed by atoms with van der Waals surface area (Å²) in [4.78, 5) is 11.6. The molecule has 0 spiro atoms. The van der Waals surface area contributed by atoms with Gasteiger partial charge in [-0.05, 0) is 85.7 Å². The summed E-state index contributed by atoms with van der Waals surface area (Å²) in [6.45, 7) is 10.4. The summed E-state index contributed by atoms with van der Waals surface area (Å²) in [7, 11) is 0. The zero-order valence-corrected chi connectivity index (χ0v) is 14.6. The molecule has 21 heavy (non-hydrogen) atoms. The minimum atomic E-state index is -0.902. The predicted molar refractivity (Wildman–Crippen MR) is 90.2 cm³/mol. The molecule has 0 fully saturated rings. The van der Waals surface area contributed by atoms with Crippen molar-refractivity contribution < 1.29 is 9.90 Å². The number of carboxylic acid groups (broad SMARTS) is 1. The molecule has 0 saturated heterocycles. The van der Waals surface area contributed by atoms with E-state index in [1.807, 2.05) is 12.1 Å². The third-order valence-corrected chi connectivity index (χ3v) is 4.97. The van der Waals surface area contributed by atoms with Crippen LogP contribution in [0.5, 0.6) is 0 Å². The Kier molecular flexibility index (Phi) is 4.24. The molecule has 0 aliphatic heterocycles. The van der Waals surface area contributed by atoms with Crippen LogP contribution in [0.4, 0.5) is 0 Å². The Labute approximate surface area is 134 Å². The Hall–Kier alpha value is -1.61. The molecular weight excluding hydrogens is 328 g/mol. The van der Waals surface area contributed by atoms with E-state index in [9.17, 15) is 9.90 Å². The lowest BCUT2D eigenvalue weighted by molar-refractivity contribution is 0.0697. The van der Waals surface area contributed by atoms with Gasteiger partial charge in [0.25, 0.3) is 0 Å². The molecule has 0 radical (unpaired) electrons. The number of hydrogen-bond donors (Lipinski definition) is 1. The molecule has 0 unspecified atom stereocenters. The van der Waals surface area contributed by atoms with Crippen molar-refractivity contribution in [3.8, 4) is 11.1 Å². The summed E-state index contributed by atoms with van der Waals surface area (Å²) in [5, 5.41) is 9.51. The minimum Gasteiger partial charge on any atom is -0.478 e. The van der Waals surface area contributed by atoms with Crippen LogP contribution in [0.1, 0.15) is 38.2 Å². The van der Waals surface area contributed by atoms with Gasteiger partial charge in [0.15, 0.2) is 0 Å². The number of aromatic carboxylic acids is 1. The number of carbonyl (C=O) groups is 1. The van der Waals surface area contributed by atoms with Gasteiger partial charge < -0.3 is 5.11 Å². The zero-order valence-electron chi connectivity index (χ0n) is 13.0. The summed E-state index contributed by atoms with van der Waals surface area (Å²) < 4.78 is 0.777. The summed E-state index contributed by atoms with van der Waals surface area (Å²) in [6.07, 6.45) is 0. The van der Waals surface area contributed by atoms with Crippen molar-refractivity contribution in [3.05, 3.63) is 56.1 Å². The van der Waals surface area contributed by atoms with Crippen molar-refractivity contribution in [2.75, 3.05) is 0 Å². The number of benzene rings is 2. The van der Waals surface area contributed by atoms with E-state index in [4.69, 9.17) is 0 Å². The first kappa shape index (κ1) is 15.8. The molecule has 3 heteroatoms. The van der Waals surface area contributed by atoms with E-state index in [1.165, 1.54) is 16.7 Å². The van der Waals surface area contributed by atoms with E-state index >= 15 is 0 Å². The monoisotopic (exact) mass is 346 g/mol. The van der Waals surface area contributed by atoms with Gasteiger partial charge in [-0.15, -0.1) is 0 Å². The normalized spacial score (nSPS) is 10.8. The van der Waals surface area contributed by atoms with Gasteiger partial charge in [0.1, 0.15) is 0 Å². The van der Waals surface area contributed by atoms with Crippen molar-refractivity contribution in [1.29, 1.82) is 0 Å². The second-order valence-electron chi connectivity index (χ2n) is 5.50. The van der Waals surface area contributed by atoms with Gasteiger partial charge in [0.2, 0.25) is 0 Å². The molecule has 1 N–H and O–H groups in total. The van der Waals surface area contributed by atoms with E-state index in [0.29, 0.717) is 5.56 Å². The molecule has 0 atom stereocenters. The fraction of sp³-hybridized carbons (Fsp3) is 0.278. The summed E-state index contributed by atoms with van der Waals surface area (Å²) >= 11 is 3.35. The molecule has 2 aromatic carbocycles. The van der Waals surface area contributed by atoms with Crippen LogP contribution >= 0.6 is 15.9 Å². The molecular formula is C18H19BrO2. The molecule has 0 heterocycles. The van der Waals surface area contributed by atoms with Crippen molar-refractivity contribution in [2.45, 2.75) is 34.6 Å². The van der Waals surface area contributed by atoms with E-state index < -0.39 is 5.97 Å². The number of rotatable bonds is 2. The van der Waals surface area contributed by atoms with Crippen LogP contribution in [-0.2, 0) is 0 Å². The summed E-state index contributed by atoms with van der Waals surface area (Å²) in [6, 6.07) is 5.45. The Balaban J connectivity index is 2.89. The van der Waals surface area contributed by atoms with Crippen LogP contribution in [0.3, 0.4) is 0 Å². The van der Waals surface area contributed by atoms with Gasteiger partial charge in [0, 0.05) is 4.47 Å². The average molecular weight is 347 g/mol. The van der Waals surface area contributed by atoms with Crippen LogP contribution in [0, 0.1) is 34.6 Å². The summed E-state index contributed by atoms with van der Waals surface area (Å²) in [5.74, 6) is -0.902. The molecule has 0 amide bonds. The highest BCUT2D eigenvalue weighted by atomic mass is 79.9. The predicted octanol–water partition coefficient (Wildman–Crippen LogP) is 5.36. The van der Waals surface area contributed by atoms with Crippen molar-refractivity contribution >= 4 is 21.9 Å². The van der Waals surface area contributed by atoms with E-state index in [1.54, 1.807) is 6.07 Å². The van der Waals surface area contributed by atoms with Crippen LogP contribution in [0.25, 0.3) is 11.1 Å². The molecule has 2 aromatic rings. The third kappa shape index (κ3) is 2.62. The first-order valence-corrected chi connectivity index (χ1v) is 7.65. The zero-order chi connectivity index (χ0) is 15.9.